The maximum Gasteiger partial charge on any atom is 0.410 e. The second-order valence-corrected chi connectivity index (χ2v) is 12.4. The van der Waals surface area contributed by atoms with Gasteiger partial charge in [0, 0.05) is 38.0 Å². The molecule has 1 aromatic carbocycles. The highest BCUT2D eigenvalue weighted by Gasteiger charge is 2.34. The van der Waals surface area contributed by atoms with Gasteiger partial charge in [0.2, 0.25) is 0 Å². The summed E-state index contributed by atoms with van der Waals surface area (Å²) in [5, 5.41) is 0. The Labute approximate surface area is 197 Å². The number of halogens is 1. The molecular formula is C24H37FN2O5S. The normalized spacial score (nSPS) is 25.0. The molecular weight excluding hydrogens is 447 g/mol. The second-order valence-electron chi connectivity index (χ2n) is 10.4. The Balaban J connectivity index is 1.45. The summed E-state index contributed by atoms with van der Waals surface area (Å²) in [6, 6.07) is 4.37. The zero-order valence-corrected chi connectivity index (χ0v) is 21.2. The largest absolute Gasteiger partial charge is 0.490 e. The molecule has 1 aliphatic heterocycles. The van der Waals surface area contributed by atoms with Gasteiger partial charge in [0.15, 0.2) is 21.4 Å². The smallest absolute Gasteiger partial charge is 0.410 e. The summed E-state index contributed by atoms with van der Waals surface area (Å²) in [7, 11) is -3.44. The molecule has 1 atom stereocenters. The van der Waals surface area contributed by atoms with Crippen molar-refractivity contribution in [2.45, 2.75) is 76.0 Å². The van der Waals surface area contributed by atoms with Crippen LogP contribution in [-0.2, 0) is 14.6 Å². The molecule has 0 radical (unpaired) electrons. The number of benzene rings is 1. The number of carbonyl (C=O) groups excluding carboxylic acids is 1. The van der Waals surface area contributed by atoms with Gasteiger partial charge in [0.25, 0.3) is 0 Å². The van der Waals surface area contributed by atoms with Crippen LogP contribution in [0.4, 0.5) is 9.18 Å². The Morgan fingerprint density at radius 2 is 1.82 bits per heavy atom. The van der Waals surface area contributed by atoms with Crippen LogP contribution in [0.3, 0.4) is 0 Å². The number of ether oxygens (including phenoxy) is 2. The predicted molar refractivity (Wildman–Crippen MR) is 125 cm³/mol. The van der Waals surface area contributed by atoms with Gasteiger partial charge in [-0.25, -0.2) is 17.6 Å². The molecule has 1 saturated heterocycles. The van der Waals surface area contributed by atoms with Crippen LogP contribution in [0.25, 0.3) is 0 Å². The number of nitrogens with zero attached hydrogens (tertiary/aromatic N) is 2. The molecule has 0 bridgehead atoms. The lowest BCUT2D eigenvalue weighted by molar-refractivity contribution is -0.00904. The van der Waals surface area contributed by atoms with Crippen LogP contribution in [0.1, 0.15) is 53.4 Å². The van der Waals surface area contributed by atoms with Gasteiger partial charge in [-0.3, -0.25) is 4.90 Å². The van der Waals surface area contributed by atoms with Crippen molar-refractivity contribution in [3.05, 3.63) is 24.0 Å². The molecule has 1 saturated carbocycles. The number of hydrogen-bond acceptors (Lipinski definition) is 6. The summed E-state index contributed by atoms with van der Waals surface area (Å²) >= 11 is 0. The van der Waals surface area contributed by atoms with Crippen LogP contribution in [0.15, 0.2) is 23.1 Å². The SMILES string of the molecule is C[C@@H]1CN([C@H]2CC[C@H](COc3ccc(S(C)(=O)=O)cc3F)CC2)CCN1C(=O)OC(C)(C)C. The molecule has 2 fully saturated rings. The number of piperazine rings is 1. The first-order chi connectivity index (χ1) is 15.3. The average molecular weight is 485 g/mol. The highest BCUT2D eigenvalue weighted by molar-refractivity contribution is 7.90. The van der Waals surface area contributed by atoms with Crippen LogP contribution in [0.2, 0.25) is 0 Å². The van der Waals surface area contributed by atoms with Crippen molar-refractivity contribution in [3.63, 3.8) is 0 Å². The first kappa shape index (κ1) is 25.7. The lowest BCUT2D eigenvalue weighted by atomic mass is 9.85. The van der Waals surface area contributed by atoms with E-state index in [1.54, 1.807) is 0 Å². The standard InChI is InChI=1S/C24H37FN2O5S/c1-17-15-26(12-13-27(17)23(28)32-24(2,3)4)19-8-6-18(7-9-19)16-31-22-11-10-20(14-21(22)25)33(5,29)30/h10-11,14,17-19H,6-9,12-13,15-16H2,1-5H3/t17-,18-,19-/m1/s1. The summed E-state index contributed by atoms with van der Waals surface area (Å²) in [6.07, 6.45) is 4.89. The minimum absolute atomic E-state index is 0.0474. The topological polar surface area (TPSA) is 76.2 Å². The van der Waals surface area contributed by atoms with E-state index < -0.39 is 21.3 Å². The van der Waals surface area contributed by atoms with E-state index in [2.05, 4.69) is 11.8 Å². The van der Waals surface area contributed by atoms with Crippen molar-refractivity contribution in [2.24, 2.45) is 5.92 Å². The average Bonchev–Trinajstić information content (AvgIpc) is 2.71. The van der Waals surface area contributed by atoms with Crippen molar-refractivity contribution in [3.8, 4) is 5.75 Å². The summed E-state index contributed by atoms with van der Waals surface area (Å²) in [5.41, 5.74) is -0.493. The Kier molecular flexibility index (Phi) is 7.94. The molecule has 0 N–H and O–H groups in total. The molecule has 1 aromatic rings. The lowest BCUT2D eigenvalue weighted by Gasteiger charge is -2.45. The molecule has 1 amide bonds. The van der Waals surface area contributed by atoms with Crippen LogP contribution >= 0.6 is 0 Å². The Morgan fingerprint density at radius 1 is 1.15 bits per heavy atom. The van der Waals surface area contributed by atoms with Crippen molar-refractivity contribution in [2.75, 3.05) is 32.5 Å². The van der Waals surface area contributed by atoms with E-state index in [9.17, 15) is 17.6 Å². The summed E-state index contributed by atoms with van der Waals surface area (Å²) in [6.45, 7) is 10.5. The summed E-state index contributed by atoms with van der Waals surface area (Å²) in [5.74, 6) is -0.212. The molecule has 33 heavy (non-hydrogen) atoms. The molecule has 3 rings (SSSR count). The highest BCUT2D eigenvalue weighted by Crippen LogP contribution is 2.30. The van der Waals surface area contributed by atoms with Crippen LogP contribution in [0.5, 0.6) is 5.75 Å². The number of carbonyl (C=O) groups is 1. The fourth-order valence-electron chi connectivity index (χ4n) is 4.62. The molecule has 186 valence electrons. The van der Waals surface area contributed by atoms with Crippen molar-refractivity contribution in [1.82, 2.24) is 9.80 Å². The lowest BCUT2D eigenvalue weighted by Crippen LogP contribution is -2.57. The number of hydrogen-bond donors (Lipinski definition) is 0. The first-order valence-electron chi connectivity index (χ1n) is 11.7. The minimum atomic E-state index is -3.44. The third kappa shape index (κ3) is 7.06. The number of amides is 1. The van der Waals surface area contributed by atoms with Gasteiger partial charge in [-0.05, 0) is 77.5 Å². The Hall–Kier alpha value is -1.87. The third-order valence-electron chi connectivity index (χ3n) is 6.43. The van der Waals surface area contributed by atoms with E-state index >= 15 is 0 Å². The van der Waals surface area contributed by atoms with E-state index in [0.29, 0.717) is 25.1 Å². The molecule has 0 spiro atoms. The van der Waals surface area contributed by atoms with E-state index in [0.717, 1.165) is 51.1 Å². The predicted octanol–water partition coefficient (Wildman–Crippen LogP) is 4.11. The van der Waals surface area contributed by atoms with Gasteiger partial charge in [-0.1, -0.05) is 0 Å². The summed E-state index contributed by atoms with van der Waals surface area (Å²) < 4.78 is 48.5. The Bertz CT molecular complexity index is 939. The van der Waals surface area contributed by atoms with Crippen LogP contribution in [0, 0.1) is 11.7 Å². The molecule has 1 aliphatic carbocycles. The van der Waals surface area contributed by atoms with Crippen molar-refractivity contribution in [1.29, 1.82) is 0 Å². The van der Waals surface area contributed by atoms with Gasteiger partial charge in [0.05, 0.1) is 11.5 Å². The molecule has 0 unspecified atom stereocenters. The Morgan fingerprint density at radius 3 is 2.36 bits per heavy atom. The molecule has 7 nitrogen and oxygen atoms in total. The van der Waals surface area contributed by atoms with E-state index in [1.165, 1.54) is 12.1 Å². The van der Waals surface area contributed by atoms with Gasteiger partial charge in [-0.15, -0.1) is 0 Å². The number of rotatable bonds is 5. The summed E-state index contributed by atoms with van der Waals surface area (Å²) in [4.78, 5) is 16.7. The molecule has 2 aliphatic rings. The quantitative estimate of drug-likeness (QED) is 0.626. The first-order valence-corrected chi connectivity index (χ1v) is 13.6. The maximum atomic E-state index is 14.2. The van der Waals surface area contributed by atoms with Gasteiger partial charge >= 0.3 is 6.09 Å². The molecule has 1 heterocycles. The zero-order valence-electron chi connectivity index (χ0n) is 20.3. The number of sulfone groups is 1. The highest BCUT2D eigenvalue weighted by atomic mass is 32.2. The van der Waals surface area contributed by atoms with Crippen molar-refractivity contribution < 1.29 is 27.1 Å². The second kappa shape index (κ2) is 10.2. The fourth-order valence-corrected chi connectivity index (χ4v) is 5.26. The monoisotopic (exact) mass is 484 g/mol. The van der Waals surface area contributed by atoms with Gasteiger partial charge in [0.1, 0.15) is 5.60 Å². The molecule has 9 heteroatoms. The third-order valence-corrected chi connectivity index (χ3v) is 7.54. The van der Waals surface area contributed by atoms with E-state index in [1.807, 2.05) is 25.7 Å². The zero-order chi connectivity index (χ0) is 24.4. The van der Waals surface area contributed by atoms with E-state index in [-0.39, 0.29) is 22.8 Å². The van der Waals surface area contributed by atoms with Crippen LogP contribution in [-0.4, -0.2) is 74.5 Å². The minimum Gasteiger partial charge on any atom is -0.490 e. The van der Waals surface area contributed by atoms with Crippen LogP contribution < -0.4 is 4.74 Å². The van der Waals surface area contributed by atoms with Gasteiger partial charge < -0.3 is 14.4 Å². The van der Waals surface area contributed by atoms with Crippen molar-refractivity contribution >= 4 is 15.9 Å². The van der Waals surface area contributed by atoms with Gasteiger partial charge in [-0.2, -0.15) is 0 Å². The maximum absolute atomic E-state index is 14.2. The molecule has 0 aromatic heterocycles. The van der Waals surface area contributed by atoms with E-state index in [4.69, 9.17) is 9.47 Å². The fraction of sp³-hybridized carbons (Fsp3) is 0.708.